The SMILES string of the molecule is O=C1CN(C(=O)CN2CCC[C@@H](c3nc4ccccc4o3)C2)CCN1. The van der Waals surface area contributed by atoms with Gasteiger partial charge >= 0.3 is 0 Å². The molecule has 7 heteroatoms. The van der Waals surface area contributed by atoms with Crippen molar-refractivity contribution < 1.29 is 14.0 Å². The summed E-state index contributed by atoms with van der Waals surface area (Å²) < 4.78 is 5.91. The Hall–Kier alpha value is -2.41. The molecule has 0 unspecified atom stereocenters. The lowest BCUT2D eigenvalue weighted by molar-refractivity contribution is -0.139. The van der Waals surface area contributed by atoms with E-state index in [0.717, 1.165) is 42.9 Å². The van der Waals surface area contributed by atoms with Gasteiger partial charge < -0.3 is 14.6 Å². The number of hydrogen-bond donors (Lipinski definition) is 1. The van der Waals surface area contributed by atoms with Crippen molar-refractivity contribution in [3.63, 3.8) is 0 Å². The van der Waals surface area contributed by atoms with E-state index in [1.54, 1.807) is 4.90 Å². The quantitative estimate of drug-likeness (QED) is 0.899. The number of carbonyl (C=O) groups excluding carboxylic acids is 2. The van der Waals surface area contributed by atoms with Crippen molar-refractivity contribution in [2.24, 2.45) is 0 Å². The fourth-order valence-corrected chi connectivity index (χ4v) is 3.61. The van der Waals surface area contributed by atoms with E-state index >= 15 is 0 Å². The molecular formula is C18H22N4O3. The summed E-state index contributed by atoms with van der Waals surface area (Å²) in [4.78, 5) is 32.3. The van der Waals surface area contributed by atoms with Crippen LogP contribution in [-0.4, -0.2) is 65.9 Å². The first-order valence-electron chi connectivity index (χ1n) is 8.81. The smallest absolute Gasteiger partial charge is 0.239 e. The molecule has 4 rings (SSSR count). The number of piperazine rings is 1. The predicted octanol–water partition coefficient (Wildman–Crippen LogP) is 0.966. The number of nitrogens with one attached hydrogen (secondary N) is 1. The third-order valence-corrected chi connectivity index (χ3v) is 4.92. The minimum atomic E-state index is -0.0809. The Labute approximate surface area is 146 Å². The van der Waals surface area contributed by atoms with Crippen molar-refractivity contribution in [2.45, 2.75) is 18.8 Å². The fourth-order valence-electron chi connectivity index (χ4n) is 3.61. The maximum Gasteiger partial charge on any atom is 0.239 e. The predicted molar refractivity (Wildman–Crippen MR) is 92.0 cm³/mol. The standard InChI is InChI=1S/C18H22N4O3/c23-16-11-22(9-7-19-16)17(24)12-21-8-3-4-13(10-21)18-20-14-5-1-2-6-15(14)25-18/h1-2,5-6,13H,3-4,7-12H2,(H,19,23)/t13-/m1/s1. The van der Waals surface area contributed by atoms with E-state index in [1.165, 1.54) is 0 Å². The molecule has 132 valence electrons. The largest absolute Gasteiger partial charge is 0.440 e. The Morgan fingerprint density at radius 1 is 1.32 bits per heavy atom. The van der Waals surface area contributed by atoms with Crippen molar-refractivity contribution in [1.82, 2.24) is 20.1 Å². The molecule has 7 nitrogen and oxygen atoms in total. The molecule has 1 N–H and O–H groups in total. The molecular weight excluding hydrogens is 320 g/mol. The van der Waals surface area contributed by atoms with Crippen LogP contribution in [0.5, 0.6) is 0 Å². The van der Waals surface area contributed by atoms with Gasteiger partial charge in [-0.1, -0.05) is 12.1 Å². The van der Waals surface area contributed by atoms with Crippen LogP contribution in [0.15, 0.2) is 28.7 Å². The first-order chi connectivity index (χ1) is 12.2. The summed E-state index contributed by atoms with van der Waals surface area (Å²) in [5, 5.41) is 2.74. The zero-order valence-electron chi connectivity index (χ0n) is 14.1. The van der Waals surface area contributed by atoms with Crippen LogP contribution in [-0.2, 0) is 9.59 Å². The van der Waals surface area contributed by atoms with E-state index in [2.05, 4.69) is 15.2 Å². The minimum Gasteiger partial charge on any atom is -0.440 e. The summed E-state index contributed by atoms with van der Waals surface area (Å²) in [5.74, 6) is 0.907. The number of amides is 2. The molecule has 1 aromatic heterocycles. The van der Waals surface area contributed by atoms with Gasteiger partial charge in [0.2, 0.25) is 11.8 Å². The maximum atomic E-state index is 12.5. The number of carbonyl (C=O) groups is 2. The number of rotatable bonds is 3. The van der Waals surface area contributed by atoms with Gasteiger partial charge in [-0.15, -0.1) is 0 Å². The molecule has 2 amide bonds. The summed E-state index contributed by atoms with van der Waals surface area (Å²) in [6.45, 7) is 3.30. The van der Waals surface area contributed by atoms with Gasteiger partial charge in [-0.05, 0) is 31.5 Å². The van der Waals surface area contributed by atoms with Gasteiger partial charge in [-0.3, -0.25) is 14.5 Å². The van der Waals surface area contributed by atoms with E-state index in [-0.39, 0.29) is 24.3 Å². The molecule has 2 aliphatic rings. The number of likely N-dealkylation sites (tertiary alicyclic amines) is 1. The second kappa shape index (κ2) is 6.84. The first-order valence-corrected chi connectivity index (χ1v) is 8.81. The molecule has 2 aromatic rings. The molecule has 0 bridgehead atoms. The van der Waals surface area contributed by atoms with Crippen molar-refractivity contribution in [3.8, 4) is 0 Å². The van der Waals surface area contributed by atoms with E-state index < -0.39 is 0 Å². The third kappa shape index (κ3) is 3.51. The summed E-state index contributed by atoms with van der Waals surface area (Å²) in [6.07, 6.45) is 2.03. The second-order valence-corrected chi connectivity index (χ2v) is 6.76. The van der Waals surface area contributed by atoms with Crippen molar-refractivity contribution in [3.05, 3.63) is 30.2 Å². The number of fused-ring (bicyclic) bond motifs is 1. The minimum absolute atomic E-state index is 0.0214. The number of benzene rings is 1. The topological polar surface area (TPSA) is 78.7 Å². The van der Waals surface area contributed by atoms with Crippen LogP contribution in [0.1, 0.15) is 24.7 Å². The molecule has 25 heavy (non-hydrogen) atoms. The average Bonchev–Trinajstić information content (AvgIpc) is 3.06. The maximum absolute atomic E-state index is 12.5. The molecule has 3 heterocycles. The lowest BCUT2D eigenvalue weighted by Gasteiger charge is -2.33. The highest BCUT2D eigenvalue weighted by Gasteiger charge is 2.28. The lowest BCUT2D eigenvalue weighted by Crippen LogP contribution is -2.53. The highest BCUT2D eigenvalue weighted by Crippen LogP contribution is 2.28. The number of aromatic nitrogens is 1. The van der Waals surface area contributed by atoms with Gasteiger partial charge in [0.15, 0.2) is 11.5 Å². The monoisotopic (exact) mass is 342 g/mol. The number of oxazole rings is 1. The van der Waals surface area contributed by atoms with Crippen LogP contribution in [0.25, 0.3) is 11.1 Å². The normalized spacial score (nSPS) is 22.2. The third-order valence-electron chi connectivity index (χ3n) is 4.92. The zero-order chi connectivity index (χ0) is 17.2. The van der Waals surface area contributed by atoms with Crippen molar-refractivity contribution >= 4 is 22.9 Å². The fraction of sp³-hybridized carbons (Fsp3) is 0.500. The van der Waals surface area contributed by atoms with Crippen LogP contribution in [0.2, 0.25) is 0 Å². The van der Waals surface area contributed by atoms with Gasteiger partial charge in [0.25, 0.3) is 0 Å². The van der Waals surface area contributed by atoms with Crippen molar-refractivity contribution in [2.75, 3.05) is 39.3 Å². The van der Waals surface area contributed by atoms with E-state index in [4.69, 9.17) is 4.42 Å². The Bertz CT molecular complexity index is 754. The van der Waals surface area contributed by atoms with Crippen LogP contribution in [0.3, 0.4) is 0 Å². The molecule has 1 aromatic carbocycles. The van der Waals surface area contributed by atoms with Gasteiger partial charge in [0.1, 0.15) is 5.52 Å². The second-order valence-electron chi connectivity index (χ2n) is 6.76. The van der Waals surface area contributed by atoms with Crippen LogP contribution in [0.4, 0.5) is 0 Å². The Balaban J connectivity index is 1.40. The number of nitrogens with zero attached hydrogens (tertiary/aromatic N) is 3. The summed E-state index contributed by atoms with van der Waals surface area (Å²) >= 11 is 0. The molecule has 2 aliphatic heterocycles. The number of para-hydroxylation sites is 2. The number of hydrogen-bond acceptors (Lipinski definition) is 5. The van der Waals surface area contributed by atoms with Gasteiger partial charge in [-0.2, -0.15) is 0 Å². The first kappa shape index (κ1) is 16.1. The molecule has 0 saturated carbocycles. The highest BCUT2D eigenvalue weighted by atomic mass is 16.3. The molecule has 1 atom stereocenters. The zero-order valence-corrected chi connectivity index (χ0v) is 14.1. The van der Waals surface area contributed by atoms with E-state index in [0.29, 0.717) is 19.6 Å². The summed E-state index contributed by atoms with van der Waals surface area (Å²) in [5.41, 5.74) is 1.69. The lowest BCUT2D eigenvalue weighted by atomic mass is 9.98. The summed E-state index contributed by atoms with van der Waals surface area (Å²) in [6, 6.07) is 7.78. The van der Waals surface area contributed by atoms with Gasteiger partial charge in [-0.25, -0.2) is 4.98 Å². The van der Waals surface area contributed by atoms with Crippen molar-refractivity contribution in [1.29, 1.82) is 0 Å². The average molecular weight is 342 g/mol. The van der Waals surface area contributed by atoms with Gasteiger partial charge in [0.05, 0.1) is 13.1 Å². The van der Waals surface area contributed by atoms with Crippen LogP contribution in [0, 0.1) is 0 Å². The Kier molecular flexibility index (Phi) is 4.40. The molecule has 0 spiro atoms. The highest BCUT2D eigenvalue weighted by molar-refractivity contribution is 5.86. The van der Waals surface area contributed by atoms with Gasteiger partial charge in [0, 0.05) is 25.6 Å². The molecule has 2 fully saturated rings. The Morgan fingerprint density at radius 2 is 2.20 bits per heavy atom. The Morgan fingerprint density at radius 3 is 3.04 bits per heavy atom. The van der Waals surface area contributed by atoms with Crippen LogP contribution >= 0.6 is 0 Å². The van der Waals surface area contributed by atoms with E-state index in [9.17, 15) is 9.59 Å². The van der Waals surface area contributed by atoms with E-state index in [1.807, 2.05) is 24.3 Å². The number of piperidine rings is 1. The summed E-state index contributed by atoms with van der Waals surface area (Å²) in [7, 11) is 0. The van der Waals surface area contributed by atoms with Crippen LogP contribution < -0.4 is 5.32 Å². The molecule has 2 saturated heterocycles. The molecule has 0 radical (unpaired) electrons. The molecule has 0 aliphatic carbocycles.